The molecule has 3 N–H and O–H groups in total. The molecule has 2 aromatic carbocycles. The summed E-state index contributed by atoms with van der Waals surface area (Å²) in [4.78, 5) is 11.6. The Morgan fingerprint density at radius 3 is 2.82 bits per heavy atom. The van der Waals surface area contributed by atoms with Crippen molar-refractivity contribution in [1.82, 2.24) is 14.8 Å². The molecule has 7 atom stereocenters. The van der Waals surface area contributed by atoms with Gasteiger partial charge in [-0.3, -0.25) is 4.90 Å². The minimum atomic E-state index is -0.568. The first-order valence-corrected chi connectivity index (χ1v) is 16.7. The van der Waals surface area contributed by atoms with E-state index in [1.807, 2.05) is 0 Å². The van der Waals surface area contributed by atoms with Crippen molar-refractivity contribution in [2.75, 3.05) is 31.1 Å². The molecular formula is C38H40N4O2. The first kappa shape index (κ1) is 25.7. The number of hydrogen-bond donors (Lipinski definition) is 3. The molecule has 3 aromatic rings. The fourth-order valence-corrected chi connectivity index (χ4v) is 11.0. The fraction of sp³-hybridized carbons (Fsp3) is 0.421. The van der Waals surface area contributed by atoms with E-state index < -0.39 is 6.10 Å². The smallest absolute Gasteiger partial charge is 0.0882 e. The summed E-state index contributed by atoms with van der Waals surface area (Å²) < 4.78 is 0. The van der Waals surface area contributed by atoms with E-state index in [1.54, 1.807) is 0 Å². The van der Waals surface area contributed by atoms with Gasteiger partial charge in [-0.2, -0.15) is 0 Å². The average molecular weight is 585 g/mol. The molecule has 1 aromatic heterocycles. The van der Waals surface area contributed by atoms with E-state index in [2.05, 4.69) is 99.7 Å². The highest BCUT2D eigenvalue weighted by molar-refractivity contribution is 5.85. The Balaban J connectivity index is 1.16. The number of H-pyrrole nitrogens is 1. The molecule has 10 rings (SSSR count). The lowest BCUT2D eigenvalue weighted by molar-refractivity contribution is -0.00919. The maximum atomic E-state index is 12.7. The molecule has 224 valence electrons. The van der Waals surface area contributed by atoms with E-state index in [0.29, 0.717) is 6.04 Å². The quantitative estimate of drug-likeness (QED) is 0.364. The van der Waals surface area contributed by atoms with Crippen molar-refractivity contribution in [3.63, 3.8) is 0 Å². The number of benzene rings is 2. The summed E-state index contributed by atoms with van der Waals surface area (Å²) in [5, 5.41) is 24.1. The van der Waals surface area contributed by atoms with Crippen LogP contribution in [0.4, 0.5) is 5.69 Å². The molecule has 7 heterocycles. The van der Waals surface area contributed by atoms with E-state index >= 15 is 0 Å². The predicted molar refractivity (Wildman–Crippen MR) is 173 cm³/mol. The van der Waals surface area contributed by atoms with Crippen molar-refractivity contribution in [3.8, 4) is 0 Å². The molecule has 1 aliphatic carbocycles. The zero-order valence-corrected chi connectivity index (χ0v) is 25.3. The molecule has 6 aliphatic heterocycles. The number of allylic oxidation sites excluding steroid dienone is 1. The van der Waals surface area contributed by atoms with Crippen LogP contribution in [-0.2, 0) is 11.8 Å². The average Bonchev–Trinajstić information content (AvgIpc) is 3.73. The zero-order valence-electron chi connectivity index (χ0n) is 25.3. The van der Waals surface area contributed by atoms with E-state index in [4.69, 9.17) is 0 Å². The standard InChI is InChI=1S/C38H40N4O2/c1-2-22-19-40-14-11-25-24-7-3-5-9-30(24)39-35(25)32(40)17-26(22)28-21-42-31-10-6-4-8-29(31)38-13-15-41-20-23(12-16-43)27(18-33(38)41)34(36(28)44)37(38)42/h3-10,12,17,19,21,27,32-34,36-37,39,43-44H,2,11,13-16,18,20H2,1H3/b23-12-/t27-,32?,33-,34-,36+,37-,38+/m0/s1. The normalized spacial score (nSPS) is 35.6. The molecule has 1 unspecified atom stereocenters. The van der Waals surface area contributed by atoms with Crippen molar-refractivity contribution >= 4 is 16.6 Å². The molecule has 0 radical (unpaired) electrons. The van der Waals surface area contributed by atoms with Crippen molar-refractivity contribution in [3.05, 3.63) is 112 Å². The Morgan fingerprint density at radius 1 is 1.07 bits per heavy atom. The Morgan fingerprint density at radius 2 is 1.93 bits per heavy atom. The summed E-state index contributed by atoms with van der Waals surface area (Å²) in [7, 11) is 0. The van der Waals surface area contributed by atoms with E-state index in [-0.39, 0.29) is 35.9 Å². The number of nitrogens with one attached hydrogen (secondary N) is 1. The SMILES string of the molecule is CCC1=CN2CCc3c([nH]c4ccccc34)C2C=C1C1=CN2c3ccccc3[C@]34CCN5C/C(=C/CO)[C@H](C[C@H]53)[C@@H]([C@@H]1O)[C@H]24. The van der Waals surface area contributed by atoms with Crippen LogP contribution in [0.25, 0.3) is 10.9 Å². The Kier molecular flexibility index (Phi) is 5.26. The van der Waals surface area contributed by atoms with Gasteiger partial charge in [0, 0.05) is 70.7 Å². The molecule has 0 amide bonds. The Bertz CT molecular complexity index is 1850. The maximum Gasteiger partial charge on any atom is 0.0882 e. The lowest BCUT2D eigenvalue weighted by Crippen LogP contribution is -2.67. The minimum Gasteiger partial charge on any atom is -0.392 e. The second-order valence-corrected chi connectivity index (χ2v) is 14.1. The van der Waals surface area contributed by atoms with Crippen LogP contribution in [0, 0.1) is 11.8 Å². The molecule has 44 heavy (non-hydrogen) atoms. The second-order valence-electron chi connectivity index (χ2n) is 14.1. The van der Waals surface area contributed by atoms with Gasteiger partial charge in [0.25, 0.3) is 0 Å². The third kappa shape index (κ3) is 3.07. The maximum absolute atomic E-state index is 12.7. The topological polar surface area (TPSA) is 66.0 Å². The van der Waals surface area contributed by atoms with Gasteiger partial charge in [-0.05, 0) is 78.6 Å². The molecule has 2 bridgehead atoms. The van der Waals surface area contributed by atoms with Gasteiger partial charge in [0.2, 0.25) is 0 Å². The summed E-state index contributed by atoms with van der Waals surface area (Å²) in [5.74, 6) is 0.337. The zero-order chi connectivity index (χ0) is 29.3. The van der Waals surface area contributed by atoms with Crippen LogP contribution in [0.1, 0.15) is 49.0 Å². The summed E-state index contributed by atoms with van der Waals surface area (Å²) in [6.07, 6.45) is 12.8. The molecule has 3 fully saturated rings. The minimum absolute atomic E-state index is 0.0370. The van der Waals surface area contributed by atoms with Crippen LogP contribution in [0.5, 0.6) is 0 Å². The largest absolute Gasteiger partial charge is 0.392 e. The van der Waals surface area contributed by atoms with Crippen LogP contribution in [0.3, 0.4) is 0 Å². The molecule has 6 nitrogen and oxygen atoms in total. The number of anilines is 1. The highest BCUT2D eigenvalue weighted by Gasteiger charge is 2.69. The molecule has 7 aliphatic rings. The Hall–Kier alpha value is -3.58. The summed E-state index contributed by atoms with van der Waals surface area (Å²) in [6.45, 7) is 5.30. The third-order valence-electron chi connectivity index (χ3n) is 12.6. The molecular weight excluding hydrogens is 544 g/mol. The second kappa shape index (κ2) is 9.00. The summed E-state index contributed by atoms with van der Waals surface area (Å²) in [5.41, 5.74) is 11.7. The van der Waals surface area contributed by atoms with E-state index in [0.717, 1.165) is 50.9 Å². The van der Waals surface area contributed by atoms with Crippen molar-refractivity contribution in [2.45, 2.75) is 62.3 Å². The Labute approximate surface area is 258 Å². The highest BCUT2D eigenvalue weighted by atomic mass is 16.3. The number of aliphatic hydroxyl groups is 2. The molecule has 1 spiro atoms. The number of nitrogens with zero attached hydrogens (tertiary/aromatic N) is 3. The van der Waals surface area contributed by atoms with Gasteiger partial charge >= 0.3 is 0 Å². The molecule has 1 saturated carbocycles. The first-order chi connectivity index (χ1) is 21.6. The monoisotopic (exact) mass is 584 g/mol. The summed E-state index contributed by atoms with van der Waals surface area (Å²) in [6, 6.07) is 18.6. The first-order valence-electron chi connectivity index (χ1n) is 16.7. The number of aromatic nitrogens is 1. The lowest BCUT2D eigenvalue weighted by atomic mass is 9.53. The van der Waals surface area contributed by atoms with Gasteiger partial charge in [0.05, 0.1) is 24.8 Å². The van der Waals surface area contributed by atoms with Crippen LogP contribution in [0.15, 0.2) is 95.4 Å². The number of aromatic amines is 1. The van der Waals surface area contributed by atoms with E-state index in [1.165, 1.54) is 50.1 Å². The third-order valence-corrected chi connectivity index (χ3v) is 12.6. The predicted octanol–water partition coefficient (Wildman–Crippen LogP) is 5.33. The van der Waals surface area contributed by atoms with Crippen LogP contribution in [0.2, 0.25) is 0 Å². The van der Waals surface area contributed by atoms with Gasteiger partial charge < -0.3 is 25.0 Å². The number of rotatable bonds is 3. The fourth-order valence-electron chi connectivity index (χ4n) is 11.0. The number of fused-ring (bicyclic) bond motifs is 9. The van der Waals surface area contributed by atoms with Crippen molar-refractivity contribution in [2.24, 2.45) is 11.8 Å². The van der Waals surface area contributed by atoms with Crippen LogP contribution >= 0.6 is 0 Å². The van der Waals surface area contributed by atoms with Gasteiger partial charge in [-0.15, -0.1) is 0 Å². The van der Waals surface area contributed by atoms with Gasteiger partial charge in [0.15, 0.2) is 0 Å². The van der Waals surface area contributed by atoms with Gasteiger partial charge in [-0.25, -0.2) is 0 Å². The van der Waals surface area contributed by atoms with Crippen LogP contribution < -0.4 is 4.90 Å². The van der Waals surface area contributed by atoms with Crippen molar-refractivity contribution in [1.29, 1.82) is 0 Å². The highest BCUT2D eigenvalue weighted by Crippen LogP contribution is 2.65. The molecule has 2 saturated heterocycles. The number of hydrogen-bond acceptors (Lipinski definition) is 5. The summed E-state index contributed by atoms with van der Waals surface area (Å²) >= 11 is 0. The van der Waals surface area contributed by atoms with Gasteiger partial charge in [-0.1, -0.05) is 55.0 Å². The number of aliphatic hydroxyl groups excluding tert-OH is 2. The van der Waals surface area contributed by atoms with Crippen LogP contribution in [-0.4, -0.2) is 69.4 Å². The number of piperidine rings is 1. The van der Waals surface area contributed by atoms with Crippen molar-refractivity contribution < 1.29 is 10.2 Å². The van der Waals surface area contributed by atoms with Gasteiger partial charge in [0.1, 0.15) is 0 Å². The molecule has 6 heteroatoms. The number of para-hydroxylation sites is 2. The van der Waals surface area contributed by atoms with E-state index in [9.17, 15) is 10.2 Å². The lowest BCUT2D eigenvalue weighted by Gasteiger charge is -2.59.